The van der Waals surface area contributed by atoms with E-state index in [-0.39, 0.29) is 24.4 Å². The molecule has 2 aliphatic rings. The SMILES string of the molecule is Cc1ccc(S(=O)(=O)N2CCCCC2CC(=O)NC2CCCC2)cc1. The van der Waals surface area contributed by atoms with E-state index in [0.29, 0.717) is 11.4 Å². The van der Waals surface area contributed by atoms with Gasteiger partial charge in [-0.25, -0.2) is 8.42 Å². The molecule has 1 aromatic rings. The van der Waals surface area contributed by atoms with Gasteiger partial charge in [0.05, 0.1) is 4.90 Å². The molecule has 1 N–H and O–H groups in total. The van der Waals surface area contributed by atoms with E-state index < -0.39 is 10.0 Å². The smallest absolute Gasteiger partial charge is 0.243 e. The molecule has 1 amide bonds. The third-order valence-corrected chi connectivity index (χ3v) is 7.31. The quantitative estimate of drug-likeness (QED) is 0.873. The Morgan fingerprint density at radius 1 is 1.08 bits per heavy atom. The van der Waals surface area contributed by atoms with Crippen molar-refractivity contribution in [3.63, 3.8) is 0 Å². The second-order valence-electron chi connectivity index (χ2n) is 7.33. The fourth-order valence-electron chi connectivity index (χ4n) is 3.91. The van der Waals surface area contributed by atoms with Gasteiger partial charge in [-0.2, -0.15) is 4.31 Å². The molecule has 25 heavy (non-hydrogen) atoms. The molecule has 2 fully saturated rings. The van der Waals surface area contributed by atoms with Crippen molar-refractivity contribution in [2.75, 3.05) is 6.54 Å². The van der Waals surface area contributed by atoms with Crippen LogP contribution in [0, 0.1) is 6.92 Å². The van der Waals surface area contributed by atoms with Crippen LogP contribution in [0.25, 0.3) is 0 Å². The Hall–Kier alpha value is -1.40. The van der Waals surface area contributed by atoms with Gasteiger partial charge in [0.1, 0.15) is 0 Å². The minimum atomic E-state index is -3.55. The Kier molecular flexibility index (Phi) is 5.79. The zero-order chi connectivity index (χ0) is 17.9. The average molecular weight is 365 g/mol. The normalized spacial score (nSPS) is 22.8. The van der Waals surface area contributed by atoms with Gasteiger partial charge in [0.2, 0.25) is 15.9 Å². The molecule has 0 aromatic heterocycles. The number of piperidine rings is 1. The van der Waals surface area contributed by atoms with Crippen LogP contribution in [0.1, 0.15) is 56.9 Å². The van der Waals surface area contributed by atoms with Gasteiger partial charge in [-0.15, -0.1) is 0 Å². The maximum Gasteiger partial charge on any atom is 0.243 e. The van der Waals surface area contributed by atoms with E-state index >= 15 is 0 Å². The van der Waals surface area contributed by atoms with E-state index in [1.54, 1.807) is 16.4 Å². The lowest BCUT2D eigenvalue weighted by molar-refractivity contribution is -0.122. The number of carbonyl (C=O) groups is 1. The number of sulfonamides is 1. The predicted octanol–water partition coefficient (Wildman–Crippen LogP) is 2.99. The van der Waals surface area contributed by atoms with E-state index in [1.165, 1.54) is 12.8 Å². The van der Waals surface area contributed by atoms with Crippen molar-refractivity contribution in [2.45, 2.75) is 75.3 Å². The first kappa shape index (κ1) is 18.4. The fraction of sp³-hybridized carbons (Fsp3) is 0.632. The lowest BCUT2D eigenvalue weighted by Crippen LogP contribution is -2.46. The minimum absolute atomic E-state index is 0.0112. The minimum Gasteiger partial charge on any atom is -0.353 e. The highest BCUT2D eigenvalue weighted by atomic mass is 32.2. The lowest BCUT2D eigenvalue weighted by atomic mass is 10.0. The summed E-state index contributed by atoms with van der Waals surface area (Å²) in [6, 6.07) is 7.00. The molecule has 138 valence electrons. The van der Waals surface area contributed by atoms with Crippen molar-refractivity contribution < 1.29 is 13.2 Å². The van der Waals surface area contributed by atoms with Crippen LogP contribution in [0.5, 0.6) is 0 Å². The summed E-state index contributed by atoms with van der Waals surface area (Å²) in [6.07, 6.45) is 7.27. The molecule has 1 atom stereocenters. The summed E-state index contributed by atoms with van der Waals surface area (Å²) in [6.45, 7) is 2.44. The van der Waals surface area contributed by atoms with E-state index in [9.17, 15) is 13.2 Å². The van der Waals surface area contributed by atoms with Crippen molar-refractivity contribution in [1.29, 1.82) is 0 Å². The van der Waals surface area contributed by atoms with Crippen molar-refractivity contribution in [2.24, 2.45) is 0 Å². The third kappa shape index (κ3) is 4.42. The predicted molar refractivity (Wildman–Crippen MR) is 97.7 cm³/mol. The van der Waals surface area contributed by atoms with Crippen LogP contribution in [-0.4, -0.2) is 37.3 Å². The molecule has 1 aliphatic carbocycles. The molecule has 5 nitrogen and oxygen atoms in total. The van der Waals surface area contributed by atoms with E-state index in [1.807, 2.05) is 19.1 Å². The highest BCUT2D eigenvalue weighted by Crippen LogP contribution is 2.27. The number of nitrogens with one attached hydrogen (secondary N) is 1. The van der Waals surface area contributed by atoms with Gasteiger partial charge in [-0.3, -0.25) is 4.79 Å². The first-order valence-electron chi connectivity index (χ1n) is 9.35. The topological polar surface area (TPSA) is 66.5 Å². The molecule has 1 unspecified atom stereocenters. The number of rotatable bonds is 5. The number of aryl methyl sites for hydroxylation is 1. The van der Waals surface area contributed by atoms with Crippen LogP contribution in [0.3, 0.4) is 0 Å². The maximum absolute atomic E-state index is 13.0. The summed E-state index contributed by atoms with van der Waals surface area (Å²) < 4.78 is 27.6. The van der Waals surface area contributed by atoms with Gasteiger partial charge in [0.25, 0.3) is 0 Å². The molecule has 1 aromatic carbocycles. The van der Waals surface area contributed by atoms with Gasteiger partial charge in [0, 0.05) is 25.0 Å². The van der Waals surface area contributed by atoms with Gasteiger partial charge < -0.3 is 5.32 Å². The van der Waals surface area contributed by atoms with Crippen molar-refractivity contribution in [3.05, 3.63) is 29.8 Å². The summed E-state index contributed by atoms with van der Waals surface area (Å²) in [5.41, 5.74) is 1.03. The molecule has 0 bridgehead atoms. The van der Waals surface area contributed by atoms with Crippen molar-refractivity contribution >= 4 is 15.9 Å². The van der Waals surface area contributed by atoms with Crippen LogP contribution in [0.15, 0.2) is 29.2 Å². The van der Waals surface area contributed by atoms with Crippen molar-refractivity contribution in [3.8, 4) is 0 Å². The molecule has 6 heteroatoms. The van der Waals surface area contributed by atoms with Crippen LogP contribution >= 0.6 is 0 Å². The summed E-state index contributed by atoms with van der Waals surface area (Å²) in [5.74, 6) is -0.0112. The Morgan fingerprint density at radius 2 is 1.72 bits per heavy atom. The molecule has 0 radical (unpaired) electrons. The fourth-order valence-corrected chi connectivity index (χ4v) is 5.60. The highest BCUT2D eigenvalue weighted by molar-refractivity contribution is 7.89. The number of nitrogens with zero attached hydrogens (tertiary/aromatic N) is 1. The Morgan fingerprint density at radius 3 is 2.40 bits per heavy atom. The Bertz CT molecular complexity index is 694. The number of carbonyl (C=O) groups excluding carboxylic acids is 1. The van der Waals surface area contributed by atoms with Crippen LogP contribution < -0.4 is 5.32 Å². The highest BCUT2D eigenvalue weighted by Gasteiger charge is 2.34. The van der Waals surface area contributed by atoms with E-state index in [0.717, 1.165) is 37.7 Å². The molecule has 1 heterocycles. The van der Waals surface area contributed by atoms with Crippen molar-refractivity contribution in [1.82, 2.24) is 9.62 Å². The van der Waals surface area contributed by atoms with Crippen LogP contribution in [0.2, 0.25) is 0 Å². The number of hydrogen-bond acceptors (Lipinski definition) is 3. The average Bonchev–Trinajstić information content (AvgIpc) is 3.08. The molecular weight excluding hydrogens is 336 g/mol. The van der Waals surface area contributed by atoms with Crippen LogP contribution in [0.4, 0.5) is 0 Å². The van der Waals surface area contributed by atoms with Crippen LogP contribution in [-0.2, 0) is 14.8 Å². The third-order valence-electron chi connectivity index (χ3n) is 5.34. The molecule has 0 spiro atoms. The van der Waals surface area contributed by atoms with Gasteiger partial charge in [-0.05, 0) is 44.7 Å². The second-order valence-corrected chi connectivity index (χ2v) is 9.22. The number of amides is 1. The zero-order valence-electron chi connectivity index (χ0n) is 14.9. The van der Waals surface area contributed by atoms with Gasteiger partial charge in [0.15, 0.2) is 0 Å². The second kappa shape index (κ2) is 7.87. The van der Waals surface area contributed by atoms with Gasteiger partial charge >= 0.3 is 0 Å². The molecular formula is C19H28N2O3S. The first-order valence-corrected chi connectivity index (χ1v) is 10.8. The monoisotopic (exact) mass is 364 g/mol. The summed E-state index contributed by atoms with van der Waals surface area (Å²) in [5, 5.41) is 3.08. The lowest BCUT2D eigenvalue weighted by Gasteiger charge is -2.34. The van der Waals surface area contributed by atoms with Gasteiger partial charge in [-0.1, -0.05) is 37.0 Å². The largest absolute Gasteiger partial charge is 0.353 e. The summed E-state index contributed by atoms with van der Waals surface area (Å²) in [7, 11) is -3.55. The molecule has 1 saturated carbocycles. The number of hydrogen-bond donors (Lipinski definition) is 1. The molecule has 3 rings (SSSR count). The summed E-state index contributed by atoms with van der Waals surface area (Å²) in [4.78, 5) is 12.7. The Labute approximate surface area is 150 Å². The molecule has 1 saturated heterocycles. The Balaban J connectivity index is 1.71. The number of benzene rings is 1. The zero-order valence-corrected chi connectivity index (χ0v) is 15.7. The van der Waals surface area contributed by atoms with E-state index in [2.05, 4.69) is 5.32 Å². The summed E-state index contributed by atoms with van der Waals surface area (Å²) >= 11 is 0. The van der Waals surface area contributed by atoms with E-state index in [4.69, 9.17) is 0 Å². The maximum atomic E-state index is 13.0. The standard InChI is InChI=1S/C19H28N2O3S/c1-15-9-11-18(12-10-15)25(23,24)21-13-5-4-8-17(21)14-19(22)20-16-6-2-3-7-16/h9-12,16-17H,2-8,13-14H2,1H3,(H,20,22). The molecule has 1 aliphatic heterocycles. The first-order chi connectivity index (χ1) is 12.0.